The molecule has 0 rings (SSSR count). The van der Waals surface area contributed by atoms with Gasteiger partial charge in [0.25, 0.3) is 0 Å². The Kier molecular flexibility index (Phi) is 11.1. The Bertz CT molecular complexity index is 158. The molecule has 0 amide bonds. The molecule has 0 aromatic heterocycles. The van der Waals surface area contributed by atoms with Gasteiger partial charge in [-0.3, -0.25) is 4.79 Å². The molecule has 0 heterocycles. The standard InChI is InChI=1S/C8H16O3.C2H6O2/c1-5-8(3,6-10-4)11-7(2)9;3-1-2-4/h5-6H2,1-4H3;3-4H,1-2H2. The first-order valence-electron chi connectivity index (χ1n) is 4.86. The topological polar surface area (TPSA) is 76.0 Å². The van der Waals surface area contributed by atoms with Crippen LogP contribution in [0.1, 0.15) is 27.2 Å². The molecule has 2 N–H and O–H groups in total. The highest BCUT2D eigenvalue weighted by molar-refractivity contribution is 5.66. The van der Waals surface area contributed by atoms with Crippen LogP contribution in [-0.4, -0.2) is 48.7 Å². The van der Waals surface area contributed by atoms with Crippen molar-refractivity contribution in [2.24, 2.45) is 0 Å². The molecule has 5 nitrogen and oxygen atoms in total. The number of aliphatic hydroxyl groups is 2. The maximum absolute atomic E-state index is 10.6. The van der Waals surface area contributed by atoms with Crippen molar-refractivity contribution in [2.45, 2.75) is 32.8 Å². The van der Waals surface area contributed by atoms with E-state index in [9.17, 15) is 4.79 Å². The van der Waals surface area contributed by atoms with Crippen LogP contribution in [0.4, 0.5) is 0 Å². The number of hydrogen-bond donors (Lipinski definition) is 2. The molecule has 92 valence electrons. The molecule has 0 aliphatic heterocycles. The fraction of sp³-hybridized carbons (Fsp3) is 0.900. The highest BCUT2D eigenvalue weighted by Crippen LogP contribution is 2.15. The second-order valence-corrected chi connectivity index (χ2v) is 3.28. The second-order valence-electron chi connectivity index (χ2n) is 3.28. The third-order valence-electron chi connectivity index (χ3n) is 1.69. The average Bonchev–Trinajstić information content (AvgIpc) is 2.17. The summed E-state index contributed by atoms with van der Waals surface area (Å²) in [6.07, 6.45) is 0.764. The van der Waals surface area contributed by atoms with Crippen LogP contribution in [0, 0.1) is 0 Å². The molecule has 0 fully saturated rings. The van der Waals surface area contributed by atoms with Crippen molar-refractivity contribution in [3.63, 3.8) is 0 Å². The summed E-state index contributed by atoms with van der Waals surface area (Å²) in [4.78, 5) is 10.6. The molecule has 0 spiro atoms. The minimum absolute atomic E-state index is 0.125. The molecule has 15 heavy (non-hydrogen) atoms. The van der Waals surface area contributed by atoms with E-state index < -0.39 is 5.60 Å². The SMILES string of the molecule is CCC(C)(COC)OC(C)=O.OCCO. The summed E-state index contributed by atoms with van der Waals surface area (Å²) in [6, 6.07) is 0. The van der Waals surface area contributed by atoms with E-state index in [0.717, 1.165) is 6.42 Å². The molecular formula is C10H22O5. The summed E-state index contributed by atoms with van der Waals surface area (Å²) in [5.74, 6) is -0.258. The summed E-state index contributed by atoms with van der Waals surface area (Å²) >= 11 is 0. The van der Waals surface area contributed by atoms with Crippen molar-refractivity contribution in [2.75, 3.05) is 26.9 Å². The van der Waals surface area contributed by atoms with Crippen LogP contribution >= 0.6 is 0 Å². The second kappa shape index (κ2) is 9.89. The fourth-order valence-corrected chi connectivity index (χ4v) is 0.856. The monoisotopic (exact) mass is 222 g/mol. The smallest absolute Gasteiger partial charge is 0.303 e. The lowest BCUT2D eigenvalue weighted by Crippen LogP contribution is -2.34. The first-order valence-corrected chi connectivity index (χ1v) is 4.86. The van der Waals surface area contributed by atoms with Gasteiger partial charge in [0.15, 0.2) is 0 Å². The molecule has 0 radical (unpaired) electrons. The molecule has 0 saturated carbocycles. The fourth-order valence-electron chi connectivity index (χ4n) is 0.856. The van der Waals surface area contributed by atoms with E-state index in [4.69, 9.17) is 19.7 Å². The van der Waals surface area contributed by atoms with Gasteiger partial charge in [0.05, 0.1) is 19.8 Å². The number of carbonyl (C=O) groups excluding carboxylic acids is 1. The number of esters is 1. The van der Waals surface area contributed by atoms with Gasteiger partial charge >= 0.3 is 5.97 Å². The largest absolute Gasteiger partial charge is 0.457 e. The molecule has 1 unspecified atom stereocenters. The van der Waals surface area contributed by atoms with Gasteiger partial charge in [0.2, 0.25) is 0 Å². The van der Waals surface area contributed by atoms with Crippen molar-refractivity contribution >= 4 is 5.97 Å². The summed E-state index contributed by atoms with van der Waals surface area (Å²) in [7, 11) is 1.59. The van der Waals surface area contributed by atoms with Gasteiger partial charge in [0.1, 0.15) is 5.60 Å². The number of hydrogen-bond acceptors (Lipinski definition) is 5. The van der Waals surface area contributed by atoms with E-state index in [1.807, 2.05) is 13.8 Å². The van der Waals surface area contributed by atoms with Crippen molar-refractivity contribution < 1.29 is 24.5 Å². The van der Waals surface area contributed by atoms with Gasteiger partial charge in [-0.25, -0.2) is 0 Å². The van der Waals surface area contributed by atoms with Gasteiger partial charge in [-0.05, 0) is 13.3 Å². The lowest BCUT2D eigenvalue weighted by Gasteiger charge is -2.26. The molecule has 0 aliphatic rings. The molecule has 1 atom stereocenters. The van der Waals surface area contributed by atoms with Crippen LogP contribution in [0.3, 0.4) is 0 Å². The van der Waals surface area contributed by atoms with Crippen molar-refractivity contribution in [3.8, 4) is 0 Å². The van der Waals surface area contributed by atoms with Crippen LogP contribution in [0.2, 0.25) is 0 Å². The highest BCUT2D eigenvalue weighted by atomic mass is 16.6. The number of ether oxygens (including phenoxy) is 2. The van der Waals surface area contributed by atoms with Crippen molar-refractivity contribution in [1.82, 2.24) is 0 Å². The van der Waals surface area contributed by atoms with E-state index >= 15 is 0 Å². The third-order valence-corrected chi connectivity index (χ3v) is 1.69. The summed E-state index contributed by atoms with van der Waals surface area (Å²) in [5.41, 5.74) is -0.458. The van der Waals surface area contributed by atoms with Gasteiger partial charge in [-0.2, -0.15) is 0 Å². The minimum Gasteiger partial charge on any atom is -0.457 e. The van der Waals surface area contributed by atoms with E-state index in [-0.39, 0.29) is 19.2 Å². The van der Waals surface area contributed by atoms with E-state index in [0.29, 0.717) is 6.61 Å². The molecule has 5 heteroatoms. The number of methoxy groups -OCH3 is 1. The molecule has 0 aromatic carbocycles. The predicted octanol–water partition coefficient (Wildman–Crippen LogP) is 0.336. The molecule has 0 aliphatic carbocycles. The first kappa shape index (κ1) is 16.8. The van der Waals surface area contributed by atoms with Gasteiger partial charge in [-0.15, -0.1) is 0 Å². The third kappa shape index (κ3) is 11.3. The Labute approximate surface area is 91.0 Å². The lowest BCUT2D eigenvalue weighted by atomic mass is 10.1. The first-order chi connectivity index (χ1) is 6.95. The Balaban J connectivity index is 0. The zero-order valence-corrected chi connectivity index (χ0v) is 9.95. The van der Waals surface area contributed by atoms with Crippen LogP contribution < -0.4 is 0 Å². The van der Waals surface area contributed by atoms with Crippen LogP contribution in [0.25, 0.3) is 0 Å². The summed E-state index contributed by atoms with van der Waals surface area (Å²) in [5, 5.41) is 15.2. The number of aliphatic hydroxyl groups excluding tert-OH is 2. The Morgan fingerprint density at radius 3 is 2.00 bits per heavy atom. The normalized spacial score (nSPS) is 13.5. The Morgan fingerprint density at radius 2 is 1.80 bits per heavy atom. The number of rotatable bonds is 5. The molecule has 0 bridgehead atoms. The van der Waals surface area contributed by atoms with Crippen LogP contribution in [0.15, 0.2) is 0 Å². The molecule has 0 aromatic rings. The quantitative estimate of drug-likeness (QED) is 0.656. The number of carbonyl (C=O) groups is 1. The van der Waals surface area contributed by atoms with E-state index in [2.05, 4.69) is 0 Å². The van der Waals surface area contributed by atoms with Gasteiger partial charge in [-0.1, -0.05) is 6.92 Å². The van der Waals surface area contributed by atoms with Crippen molar-refractivity contribution in [3.05, 3.63) is 0 Å². The lowest BCUT2D eigenvalue weighted by molar-refractivity contribution is -0.160. The zero-order chi connectivity index (χ0) is 12.3. The predicted molar refractivity (Wildman–Crippen MR) is 56.5 cm³/mol. The maximum Gasteiger partial charge on any atom is 0.303 e. The minimum atomic E-state index is -0.458. The van der Waals surface area contributed by atoms with E-state index in [1.54, 1.807) is 7.11 Å². The maximum atomic E-state index is 10.6. The van der Waals surface area contributed by atoms with Gasteiger partial charge in [0, 0.05) is 14.0 Å². The summed E-state index contributed by atoms with van der Waals surface area (Å²) in [6.45, 7) is 5.42. The zero-order valence-electron chi connectivity index (χ0n) is 9.95. The molecular weight excluding hydrogens is 200 g/mol. The van der Waals surface area contributed by atoms with Crippen LogP contribution in [-0.2, 0) is 14.3 Å². The van der Waals surface area contributed by atoms with Crippen LogP contribution in [0.5, 0.6) is 0 Å². The van der Waals surface area contributed by atoms with Gasteiger partial charge < -0.3 is 19.7 Å². The van der Waals surface area contributed by atoms with E-state index in [1.165, 1.54) is 6.92 Å². The average molecular weight is 222 g/mol. The Hall–Kier alpha value is -0.650. The molecule has 0 saturated heterocycles. The Morgan fingerprint density at radius 1 is 1.33 bits per heavy atom. The summed E-state index contributed by atoms with van der Waals surface area (Å²) < 4.78 is 9.98. The highest BCUT2D eigenvalue weighted by Gasteiger charge is 2.24. The van der Waals surface area contributed by atoms with Crippen molar-refractivity contribution in [1.29, 1.82) is 0 Å².